The summed E-state index contributed by atoms with van der Waals surface area (Å²) in [7, 11) is 0. The molecule has 0 spiro atoms. The molecule has 0 bridgehead atoms. The van der Waals surface area contributed by atoms with E-state index >= 15 is 0 Å². The Labute approximate surface area is 108 Å². The highest BCUT2D eigenvalue weighted by Crippen LogP contribution is 2.28. The van der Waals surface area contributed by atoms with Crippen LogP contribution in [0.15, 0.2) is 42.5 Å². The fraction of sp³-hybridized carbons (Fsp3) is 0.0667. The molecule has 0 radical (unpaired) electrons. The summed E-state index contributed by atoms with van der Waals surface area (Å²) in [6, 6.07) is 14.7. The first kappa shape index (κ1) is 9.97. The number of para-hydroxylation sites is 1. The molecule has 0 amide bonds. The molecule has 4 rings (SSSR count). The van der Waals surface area contributed by atoms with E-state index in [0.717, 1.165) is 21.6 Å². The first-order valence-corrected chi connectivity index (χ1v) is 6.68. The van der Waals surface area contributed by atoms with Crippen molar-refractivity contribution in [2.45, 2.75) is 6.92 Å². The summed E-state index contributed by atoms with van der Waals surface area (Å²) in [5.41, 5.74) is 3.11. The summed E-state index contributed by atoms with van der Waals surface area (Å²) < 4.78 is 1.23. The van der Waals surface area contributed by atoms with Gasteiger partial charge >= 0.3 is 0 Å². The van der Waals surface area contributed by atoms with Crippen molar-refractivity contribution in [2.75, 3.05) is 0 Å². The smallest absolute Gasteiger partial charge is 0.0907 e. The fourth-order valence-electron chi connectivity index (χ4n) is 2.31. The summed E-state index contributed by atoms with van der Waals surface area (Å²) in [5, 5.41) is 3.47. The van der Waals surface area contributed by atoms with Crippen molar-refractivity contribution in [3.8, 4) is 0 Å². The Morgan fingerprint density at radius 2 is 1.72 bits per heavy atom. The maximum atomic E-state index is 4.70. The first-order valence-electron chi connectivity index (χ1n) is 5.86. The minimum atomic E-state index is 1.02. The molecule has 3 heteroatoms. The number of benzene rings is 2. The molecule has 2 heterocycles. The number of hydrogen-bond acceptors (Lipinski definition) is 3. The molecule has 0 fully saturated rings. The average Bonchev–Trinajstić information content (AvgIpc) is 2.72. The molecule has 0 N–H and O–H groups in total. The Morgan fingerprint density at radius 3 is 2.67 bits per heavy atom. The van der Waals surface area contributed by atoms with Crippen LogP contribution in [0.2, 0.25) is 0 Å². The third-order valence-corrected chi connectivity index (χ3v) is 4.07. The largest absolute Gasteiger partial charge is 0.248 e. The van der Waals surface area contributed by atoms with E-state index in [4.69, 9.17) is 4.98 Å². The third-order valence-electron chi connectivity index (χ3n) is 3.13. The lowest BCUT2D eigenvalue weighted by Crippen LogP contribution is -1.82. The van der Waals surface area contributed by atoms with Crippen LogP contribution in [0.4, 0.5) is 0 Å². The number of fused-ring (bicyclic) bond motifs is 3. The van der Waals surface area contributed by atoms with E-state index in [9.17, 15) is 0 Å². The summed E-state index contributed by atoms with van der Waals surface area (Å²) in [5.74, 6) is 0. The molecule has 4 aromatic rings. The van der Waals surface area contributed by atoms with Crippen LogP contribution in [0.1, 0.15) is 5.01 Å². The van der Waals surface area contributed by atoms with Gasteiger partial charge < -0.3 is 0 Å². The SMILES string of the molecule is Cc1nc2cc3nc4ccccc4cc3cc2s1. The van der Waals surface area contributed by atoms with Gasteiger partial charge in [0.15, 0.2) is 0 Å². The second-order valence-electron chi connectivity index (χ2n) is 4.43. The number of nitrogens with zero attached hydrogens (tertiary/aromatic N) is 2. The number of hydrogen-bond donors (Lipinski definition) is 0. The van der Waals surface area contributed by atoms with Gasteiger partial charge in [0.1, 0.15) is 0 Å². The molecule has 0 saturated heterocycles. The summed E-state index contributed by atoms with van der Waals surface area (Å²) in [4.78, 5) is 9.22. The number of rotatable bonds is 0. The van der Waals surface area contributed by atoms with Gasteiger partial charge in [0, 0.05) is 10.8 Å². The molecule has 0 aliphatic heterocycles. The van der Waals surface area contributed by atoms with E-state index in [1.165, 1.54) is 15.5 Å². The maximum Gasteiger partial charge on any atom is 0.0907 e. The van der Waals surface area contributed by atoms with Crippen LogP contribution in [0.25, 0.3) is 32.0 Å². The first-order chi connectivity index (χ1) is 8.79. The van der Waals surface area contributed by atoms with Crippen LogP contribution in [-0.2, 0) is 0 Å². The molecule has 0 unspecified atom stereocenters. The highest BCUT2D eigenvalue weighted by atomic mass is 32.1. The van der Waals surface area contributed by atoms with Gasteiger partial charge in [-0.2, -0.15) is 0 Å². The van der Waals surface area contributed by atoms with Gasteiger partial charge in [-0.05, 0) is 31.2 Å². The molecule has 0 atom stereocenters. The van der Waals surface area contributed by atoms with Crippen molar-refractivity contribution in [1.29, 1.82) is 0 Å². The van der Waals surface area contributed by atoms with Gasteiger partial charge in [0.25, 0.3) is 0 Å². The zero-order chi connectivity index (χ0) is 12.1. The van der Waals surface area contributed by atoms with E-state index in [1.54, 1.807) is 11.3 Å². The van der Waals surface area contributed by atoms with E-state index in [-0.39, 0.29) is 0 Å². The molecule has 2 aromatic carbocycles. The summed E-state index contributed by atoms with van der Waals surface area (Å²) in [6.45, 7) is 2.04. The van der Waals surface area contributed by atoms with Crippen LogP contribution >= 0.6 is 11.3 Å². The second kappa shape index (κ2) is 3.50. The molecule has 0 saturated carbocycles. The maximum absolute atomic E-state index is 4.70. The Bertz CT molecular complexity index is 821. The van der Waals surface area contributed by atoms with Crippen LogP contribution < -0.4 is 0 Å². The number of thiazole rings is 1. The Morgan fingerprint density at radius 1 is 0.833 bits per heavy atom. The molecular formula is C15H10N2S. The summed E-state index contributed by atoms with van der Waals surface area (Å²) >= 11 is 1.73. The van der Waals surface area contributed by atoms with Gasteiger partial charge in [-0.3, -0.25) is 0 Å². The highest BCUT2D eigenvalue weighted by molar-refractivity contribution is 7.18. The lowest BCUT2D eigenvalue weighted by atomic mass is 10.1. The van der Waals surface area contributed by atoms with Gasteiger partial charge in [-0.25, -0.2) is 9.97 Å². The van der Waals surface area contributed by atoms with E-state index < -0.39 is 0 Å². The highest BCUT2D eigenvalue weighted by Gasteiger charge is 2.05. The monoisotopic (exact) mass is 250 g/mol. The van der Waals surface area contributed by atoms with Crippen molar-refractivity contribution in [2.24, 2.45) is 0 Å². The zero-order valence-corrected chi connectivity index (χ0v) is 10.7. The lowest BCUT2D eigenvalue weighted by molar-refractivity contribution is 1.35. The average molecular weight is 250 g/mol. The van der Waals surface area contributed by atoms with Crippen LogP contribution in [0, 0.1) is 6.92 Å². The number of pyridine rings is 1. The molecule has 18 heavy (non-hydrogen) atoms. The minimum Gasteiger partial charge on any atom is -0.248 e. The standard InChI is InChI=1S/C15H10N2S/c1-9-16-14-8-13-11(7-15(14)18-9)6-10-4-2-3-5-12(10)17-13/h2-8H,1H3. The van der Waals surface area contributed by atoms with Gasteiger partial charge in [0.05, 0.1) is 26.3 Å². The van der Waals surface area contributed by atoms with Crippen molar-refractivity contribution < 1.29 is 0 Å². The molecule has 0 aliphatic rings. The van der Waals surface area contributed by atoms with E-state index in [0.29, 0.717) is 0 Å². The number of aromatic nitrogens is 2. The van der Waals surface area contributed by atoms with Crippen LogP contribution in [0.5, 0.6) is 0 Å². The quantitative estimate of drug-likeness (QED) is 0.435. The van der Waals surface area contributed by atoms with Gasteiger partial charge in [0.2, 0.25) is 0 Å². The van der Waals surface area contributed by atoms with Crippen LogP contribution in [0.3, 0.4) is 0 Å². The van der Waals surface area contributed by atoms with Gasteiger partial charge in [-0.1, -0.05) is 18.2 Å². The van der Waals surface area contributed by atoms with E-state index in [2.05, 4.69) is 29.2 Å². The molecule has 2 nitrogen and oxygen atoms in total. The van der Waals surface area contributed by atoms with Crippen molar-refractivity contribution in [1.82, 2.24) is 9.97 Å². The van der Waals surface area contributed by atoms with Crippen LogP contribution in [-0.4, -0.2) is 9.97 Å². The zero-order valence-electron chi connectivity index (χ0n) is 9.84. The Kier molecular flexibility index (Phi) is 1.94. The predicted octanol–water partition coefficient (Wildman–Crippen LogP) is 4.31. The van der Waals surface area contributed by atoms with E-state index in [1.807, 2.05) is 25.1 Å². The summed E-state index contributed by atoms with van der Waals surface area (Å²) in [6.07, 6.45) is 0. The second-order valence-corrected chi connectivity index (χ2v) is 5.66. The lowest BCUT2D eigenvalue weighted by Gasteiger charge is -2.01. The topological polar surface area (TPSA) is 25.8 Å². The molecule has 2 aromatic heterocycles. The fourth-order valence-corrected chi connectivity index (χ4v) is 3.17. The Balaban J connectivity index is 2.19. The minimum absolute atomic E-state index is 1.02. The number of aryl methyl sites for hydroxylation is 1. The molecular weight excluding hydrogens is 240 g/mol. The van der Waals surface area contributed by atoms with Crippen molar-refractivity contribution >= 4 is 43.4 Å². The Hall–Kier alpha value is -2.00. The molecule has 86 valence electrons. The van der Waals surface area contributed by atoms with Crippen molar-refractivity contribution in [3.05, 3.63) is 47.5 Å². The van der Waals surface area contributed by atoms with Gasteiger partial charge in [-0.15, -0.1) is 11.3 Å². The molecule has 0 aliphatic carbocycles. The van der Waals surface area contributed by atoms with Crippen molar-refractivity contribution in [3.63, 3.8) is 0 Å². The third kappa shape index (κ3) is 1.41. The normalized spacial score (nSPS) is 11.6. The predicted molar refractivity (Wildman–Crippen MR) is 77.2 cm³/mol.